The van der Waals surface area contributed by atoms with Crippen molar-refractivity contribution in [1.29, 1.82) is 0 Å². The Morgan fingerprint density at radius 3 is 1.73 bits per heavy atom. The average molecular weight is 319 g/mol. The Labute approximate surface area is 132 Å². The standard InChI is InChI=1S/C17H21NO3S/c1-22(19,20)21-13-12-18(14-16-8-4-2-5-9-16)15-17-10-6-3-7-11-17/h2-11H,12-15H2,1H3. The molecule has 0 aliphatic rings. The van der Waals surface area contributed by atoms with E-state index in [0.717, 1.165) is 19.3 Å². The monoisotopic (exact) mass is 319 g/mol. The van der Waals surface area contributed by atoms with Gasteiger partial charge in [-0.05, 0) is 11.1 Å². The summed E-state index contributed by atoms with van der Waals surface area (Å²) >= 11 is 0. The molecule has 0 aliphatic carbocycles. The molecule has 2 rings (SSSR count). The van der Waals surface area contributed by atoms with Crippen LogP contribution in [0.15, 0.2) is 60.7 Å². The van der Waals surface area contributed by atoms with Gasteiger partial charge in [0.1, 0.15) is 0 Å². The molecule has 0 heterocycles. The Kier molecular flexibility index (Phi) is 6.12. The smallest absolute Gasteiger partial charge is 0.264 e. The van der Waals surface area contributed by atoms with Gasteiger partial charge in [-0.15, -0.1) is 0 Å². The molecule has 22 heavy (non-hydrogen) atoms. The number of nitrogens with zero attached hydrogens (tertiary/aromatic N) is 1. The Hall–Kier alpha value is -1.69. The third-order valence-corrected chi connectivity index (χ3v) is 3.80. The van der Waals surface area contributed by atoms with Gasteiger partial charge in [-0.2, -0.15) is 8.42 Å². The lowest BCUT2D eigenvalue weighted by Crippen LogP contribution is -2.27. The molecule has 0 saturated carbocycles. The summed E-state index contributed by atoms with van der Waals surface area (Å²) in [6, 6.07) is 20.2. The minimum atomic E-state index is -3.39. The molecule has 0 bridgehead atoms. The Balaban J connectivity index is 2.00. The van der Waals surface area contributed by atoms with E-state index in [4.69, 9.17) is 4.18 Å². The lowest BCUT2D eigenvalue weighted by Gasteiger charge is -2.22. The molecule has 0 N–H and O–H groups in total. The van der Waals surface area contributed by atoms with Crippen LogP contribution in [0.2, 0.25) is 0 Å². The zero-order valence-electron chi connectivity index (χ0n) is 12.7. The Morgan fingerprint density at radius 1 is 0.864 bits per heavy atom. The van der Waals surface area contributed by atoms with E-state index in [0.29, 0.717) is 6.54 Å². The van der Waals surface area contributed by atoms with E-state index in [9.17, 15) is 8.42 Å². The second kappa shape index (κ2) is 8.08. The number of hydrogen-bond acceptors (Lipinski definition) is 4. The zero-order valence-corrected chi connectivity index (χ0v) is 13.5. The number of hydrogen-bond donors (Lipinski definition) is 0. The summed E-state index contributed by atoms with van der Waals surface area (Å²) in [6.45, 7) is 2.22. The molecule has 0 unspecified atom stereocenters. The summed E-state index contributed by atoms with van der Waals surface area (Å²) in [5, 5.41) is 0. The van der Waals surface area contributed by atoms with Gasteiger partial charge in [0.15, 0.2) is 0 Å². The van der Waals surface area contributed by atoms with Gasteiger partial charge in [-0.25, -0.2) is 0 Å². The van der Waals surface area contributed by atoms with E-state index in [1.807, 2.05) is 36.4 Å². The second-order valence-corrected chi connectivity index (χ2v) is 6.85. The highest BCUT2D eigenvalue weighted by Gasteiger charge is 2.09. The molecule has 0 aromatic heterocycles. The maximum absolute atomic E-state index is 11.1. The normalized spacial score (nSPS) is 11.7. The maximum Gasteiger partial charge on any atom is 0.264 e. The van der Waals surface area contributed by atoms with Crippen LogP contribution in [0.4, 0.5) is 0 Å². The highest BCUT2D eigenvalue weighted by Crippen LogP contribution is 2.10. The highest BCUT2D eigenvalue weighted by atomic mass is 32.2. The molecule has 0 saturated heterocycles. The fraction of sp³-hybridized carbons (Fsp3) is 0.294. The second-order valence-electron chi connectivity index (χ2n) is 5.21. The van der Waals surface area contributed by atoms with Crippen LogP contribution in [-0.2, 0) is 27.4 Å². The van der Waals surface area contributed by atoms with Crippen LogP contribution in [0.5, 0.6) is 0 Å². The first kappa shape index (κ1) is 16.7. The van der Waals surface area contributed by atoms with Gasteiger partial charge in [-0.3, -0.25) is 9.08 Å². The minimum Gasteiger partial charge on any atom is -0.292 e. The molecule has 0 aliphatic heterocycles. The van der Waals surface area contributed by atoms with E-state index in [-0.39, 0.29) is 6.61 Å². The van der Waals surface area contributed by atoms with E-state index in [2.05, 4.69) is 29.2 Å². The molecule has 0 atom stereocenters. The Morgan fingerprint density at radius 2 is 1.32 bits per heavy atom. The van der Waals surface area contributed by atoms with Gasteiger partial charge in [0, 0.05) is 19.6 Å². The maximum atomic E-state index is 11.1. The minimum absolute atomic E-state index is 0.165. The van der Waals surface area contributed by atoms with Crippen LogP contribution in [0, 0.1) is 0 Å². The summed E-state index contributed by atoms with van der Waals surface area (Å²) in [6.07, 6.45) is 1.08. The fourth-order valence-electron chi connectivity index (χ4n) is 2.21. The summed E-state index contributed by atoms with van der Waals surface area (Å²) in [4.78, 5) is 2.18. The predicted octanol–water partition coefficient (Wildman–Crippen LogP) is 2.67. The molecule has 0 radical (unpaired) electrons. The van der Waals surface area contributed by atoms with E-state index in [1.165, 1.54) is 11.1 Å². The molecule has 5 heteroatoms. The summed E-state index contributed by atoms with van der Waals surface area (Å²) < 4.78 is 27.0. The molecular formula is C17H21NO3S. The lowest BCUT2D eigenvalue weighted by molar-refractivity contribution is 0.200. The zero-order chi connectivity index (χ0) is 15.8. The molecule has 2 aromatic rings. The van der Waals surface area contributed by atoms with Crippen LogP contribution in [0.25, 0.3) is 0 Å². The first-order chi connectivity index (χ1) is 10.5. The average Bonchev–Trinajstić information content (AvgIpc) is 2.48. The van der Waals surface area contributed by atoms with Gasteiger partial charge in [-0.1, -0.05) is 60.7 Å². The van der Waals surface area contributed by atoms with Gasteiger partial charge < -0.3 is 0 Å². The van der Waals surface area contributed by atoms with Gasteiger partial charge in [0.2, 0.25) is 0 Å². The van der Waals surface area contributed by atoms with Crippen molar-refractivity contribution in [3.8, 4) is 0 Å². The van der Waals surface area contributed by atoms with Crippen LogP contribution in [-0.4, -0.2) is 32.7 Å². The predicted molar refractivity (Wildman–Crippen MR) is 87.8 cm³/mol. The third-order valence-electron chi connectivity index (χ3n) is 3.20. The first-order valence-electron chi connectivity index (χ1n) is 7.17. The van der Waals surface area contributed by atoms with Crippen molar-refractivity contribution in [1.82, 2.24) is 4.90 Å². The molecular weight excluding hydrogens is 298 g/mol. The van der Waals surface area contributed by atoms with Crippen LogP contribution in [0.3, 0.4) is 0 Å². The molecule has 0 amide bonds. The highest BCUT2D eigenvalue weighted by molar-refractivity contribution is 7.85. The topological polar surface area (TPSA) is 46.6 Å². The molecule has 2 aromatic carbocycles. The first-order valence-corrected chi connectivity index (χ1v) is 8.99. The van der Waals surface area contributed by atoms with Gasteiger partial charge in [0.25, 0.3) is 10.1 Å². The van der Waals surface area contributed by atoms with Crippen molar-refractivity contribution in [3.05, 3.63) is 71.8 Å². The van der Waals surface area contributed by atoms with Crippen molar-refractivity contribution in [3.63, 3.8) is 0 Å². The molecule has 4 nitrogen and oxygen atoms in total. The SMILES string of the molecule is CS(=O)(=O)OCCN(Cc1ccccc1)Cc1ccccc1. The summed E-state index contributed by atoms with van der Waals surface area (Å²) in [7, 11) is -3.39. The third kappa shape index (κ3) is 6.39. The van der Waals surface area contributed by atoms with Crippen LogP contribution >= 0.6 is 0 Å². The Bertz CT molecular complexity index is 615. The molecule has 0 fully saturated rings. The number of benzene rings is 2. The van der Waals surface area contributed by atoms with E-state index < -0.39 is 10.1 Å². The van der Waals surface area contributed by atoms with Gasteiger partial charge >= 0.3 is 0 Å². The fourth-order valence-corrected chi connectivity index (χ4v) is 2.59. The van der Waals surface area contributed by atoms with Gasteiger partial charge in [0.05, 0.1) is 12.9 Å². The van der Waals surface area contributed by atoms with Crippen molar-refractivity contribution >= 4 is 10.1 Å². The summed E-state index contributed by atoms with van der Waals surface area (Å²) in [5.41, 5.74) is 2.38. The van der Waals surface area contributed by atoms with E-state index >= 15 is 0 Å². The summed E-state index contributed by atoms with van der Waals surface area (Å²) in [5.74, 6) is 0. The van der Waals surface area contributed by atoms with Crippen molar-refractivity contribution < 1.29 is 12.6 Å². The lowest BCUT2D eigenvalue weighted by atomic mass is 10.1. The van der Waals surface area contributed by atoms with E-state index in [1.54, 1.807) is 0 Å². The molecule has 0 spiro atoms. The quantitative estimate of drug-likeness (QED) is 0.702. The van der Waals surface area contributed by atoms with Crippen molar-refractivity contribution in [2.45, 2.75) is 13.1 Å². The van der Waals surface area contributed by atoms with Crippen LogP contribution < -0.4 is 0 Å². The van der Waals surface area contributed by atoms with Crippen LogP contribution in [0.1, 0.15) is 11.1 Å². The van der Waals surface area contributed by atoms with Crippen molar-refractivity contribution in [2.24, 2.45) is 0 Å². The number of rotatable bonds is 8. The molecule has 118 valence electrons. The largest absolute Gasteiger partial charge is 0.292 e. The van der Waals surface area contributed by atoms with Crippen molar-refractivity contribution in [2.75, 3.05) is 19.4 Å².